The highest BCUT2D eigenvalue weighted by atomic mass is 32.2. The Hall–Kier alpha value is -2.75. The highest BCUT2D eigenvalue weighted by molar-refractivity contribution is 7.92. The predicted molar refractivity (Wildman–Crippen MR) is 99.6 cm³/mol. The van der Waals surface area contributed by atoms with Crippen LogP contribution >= 0.6 is 0 Å². The number of benzene rings is 2. The van der Waals surface area contributed by atoms with Crippen LogP contribution in [0.4, 0.5) is 18.9 Å². The molecule has 1 atom stereocenters. The number of hydrogen-bond donors (Lipinski definition) is 1. The number of hydrogen-bond acceptors (Lipinski definition) is 5. The van der Waals surface area contributed by atoms with Gasteiger partial charge in [0.05, 0.1) is 11.3 Å². The van der Waals surface area contributed by atoms with Crippen molar-refractivity contribution in [3.8, 4) is 11.5 Å². The first-order valence-electron chi connectivity index (χ1n) is 8.64. The molecule has 0 fully saturated rings. The van der Waals surface area contributed by atoms with E-state index >= 15 is 0 Å². The van der Waals surface area contributed by atoms with Crippen molar-refractivity contribution in [2.75, 3.05) is 18.5 Å². The Morgan fingerprint density at radius 2 is 1.79 bits per heavy atom. The molecule has 1 heterocycles. The molecular weight excluding hydrogens is 411 g/mol. The van der Waals surface area contributed by atoms with Crippen LogP contribution in [0, 0.1) is 0 Å². The van der Waals surface area contributed by atoms with Gasteiger partial charge in [-0.3, -0.25) is 4.79 Å². The van der Waals surface area contributed by atoms with Crippen LogP contribution in [0.5, 0.6) is 11.5 Å². The second-order valence-corrected chi connectivity index (χ2v) is 8.82. The van der Waals surface area contributed by atoms with Crippen molar-refractivity contribution in [3.63, 3.8) is 0 Å². The summed E-state index contributed by atoms with van der Waals surface area (Å²) in [4.78, 5) is 12.4. The number of alkyl halides is 3. The smallest absolute Gasteiger partial charge is 0.416 e. The molecule has 0 spiro atoms. The van der Waals surface area contributed by atoms with Crippen molar-refractivity contribution >= 4 is 21.4 Å². The molecule has 3 rings (SSSR count). The monoisotopic (exact) mass is 429 g/mol. The molecule has 1 amide bonds. The molecule has 10 heteroatoms. The number of sulfone groups is 1. The molecular formula is C19H18F3NO5S. The van der Waals surface area contributed by atoms with E-state index < -0.39 is 38.5 Å². The van der Waals surface area contributed by atoms with Crippen LogP contribution in [0.1, 0.15) is 18.1 Å². The molecule has 0 radical (unpaired) electrons. The molecule has 0 saturated carbocycles. The van der Waals surface area contributed by atoms with Gasteiger partial charge in [0, 0.05) is 11.8 Å². The lowest BCUT2D eigenvalue weighted by atomic mass is 10.1. The van der Waals surface area contributed by atoms with Crippen LogP contribution in [0.3, 0.4) is 0 Å². The third-order valence-electron chi connectivity index (χ3n) is 4.34. The van der Waals surface area contributed by atoms with Gasteiger partial charge >= 0.3 is 6.18 Å². The Morgan fingerprint density at radius 1 is 1.10 bits per heavy atom. The normalized spacial score (nSPS) is 14.9. The summed E-state index contributed by atoms with van der Waals surface area (Å²) in [5.74, 6) is -0.547. The quantitative estimate of drug-likeness (QED) is 0.788. The molecule has 0 aromatic heterocycles. The average Bonchev–Trinajstić information content (AvgIpc) is 2.66. The van der Waals surface area contributed by atoms with Gasteiger partial charge in [0.25, 0.3) is 0 Å². The van der Waals surface area contributed by atoms with E-state index in [2.05, 4.69) is 5.32 Å². The van der Waals surface area contributed by atoms with E-state index in [1.165, 1.54) is 25.1 Å². The van der Waals surface area contributed by atoms with Crippen LogP contribution < -0.4 is 14.8 Å². The van der Waals surface area contributed by atoms with Crippen molar-refractivity contribution in [1.82, 2.24) is 0 Å². The minimum absolute atomic E-state index is 0.0428. The third kappa shape index (κ3) is 5.00. The lowest BCUT2D eigenvalue weighted by Crippen LogP contribution is -2.33. The van der Waals surface area contributed by atoms with Gasteiger partial charge in [-0.2, -0.15) is 13.2 Å². The summed E-state index contributed by atoms with van der Waals surface area (Å²) in [6, 6.07) is 8.67. The lowest BCUT2D eigenvalue weighted by molar-refractivity contribution is -0.137. The average molecular weight is 429 g/mol. The number of carbonyl (C=O) groups excluding carboxylic acids is 1. The van der Waals surface area contributed by atoms with Crippen LogP contribution in [0.2, 0.25) is 0 Å². The van der Waals surface area contributed by atoms with E-state index in [4.69, 9.17) is 9.47 Å². The maximum absolute atomic E-state index is 12.8. The fourth-order valence-corrected chi connectivity index (χ4v) is 4.00. The minimum Gasteiger partial charge on any atom is -0.486 e. The molecule has 1 unspecified atom stereocenters. The molecule has 0 saturated heterocycles. The summed E-state index contributed by atoms with van der Waals surface area (Å²) in [5, 5.41) is 1.02. The number of anilines is 1. The van der Waals surface area contributed by atoms with E-state index in [0.717, 1.165) is 18.2 Å². The van der Waals surface area contributed by atoms with Crippen LogP contribution in [-0.2, 0) is 26.6 Å². The molecule has 1 N–H and O–H groups in total. The van der Waals surface area contributed by atoms with Crippen molar-refractivity contribution in [1.29, 1.82) is 0 Å². The third-order valence-corrected chi connectivity index (χ3v) is 6.37. The summed E-state index contributed by atoms with van der Waals surface area (Å²) in [6.45, 7) is 1.95. The molecule has 2 aromatic rings. The Morgan fingerprint density at radius 3 is 2.48 bits per heavy atom. The number of nitrogens with one attached hydrogen (secondary N) is 1. The van der Waals surface area contributed by atoms with Crippen molar-refractivity contribution in [3.05, 3.63) is 53.6 Å². The molecule has 156 valence electrons. The highest BCUT2D eigenvalue weighted by Gasteiger charge is 2.32. The first-order chi connectivity index (χ1) is 13.6. The molecule has 1 aliphatic rings. The maximum Gasteiger partial charge on any atom is 0.416 e. The van der Waals surface area contributed by atoms with Gasteiger partial charge in [0.1, 0.15) is 18.5 Å². The number of fused-ring (bicyclic) bond motifs is 1. The van der Waals surface area contributed by atoms with E-state index in [-0.39, 0.29) is 5.56 Å². The second kappa shape index (κ2) is 7.94. The van der Waals surface area contributed by atoms with Crippen molar-refractivity contribution in [2.45, 2.75) is 24.1 Å². The highest BCUT2D eigenvalue weighted by Crippen LogP contribution is 2.33. The Labute approximate surface area is 165 Å². The number of carbonyl (C=O) groups is 1. The fourth-order valence-electron chi connectivity index (χ4n) is 2.72. The number of amides is 1. The molecule has 0 bridgehead atoms. The van der Waals surface area contributed by atoms with Crippen LogP contribution in [-0.4, -0.2) is 32.8 Å². The van der Waals surface area contributed by atoms with Gasteiger partial charge in [0.2, 0.25) is 5.91 Å². The first kappa shape index (κ1) is 21.0. The van der Waals surface area contributed by atoms with E-state index in [1.807, 2.05) is 0 Å². The van der Waals surface area contributed by atoms with Gasteiger partial charge < -0.3 is 14.8 Å². The van der Waals surface area contributed by atoms with Gasteiger partial charge in [-0.1, -0.05) is 18.2 Å². The van der Waals surface area contributed by atoms with Crippen molar-refractivity contribution in [2.24, 2.45) is 0 Å². The fraction of sp³-hybridized carbons (Fsp3) is 0.316. The van der Waals surface area contributed by atoms with Gasteiger partial charge in [-0.05, 0) is 30.7 Å². The number of rotatable bonds is 5. The van der Waals surface area contributed by atoms with Gasteiger partial charge in [0.15, 0.2) is 21.3 Å². The first-order valence-corrected chi connectivity index (χ1v) is 10.4. The standard InChI is InChI=1S/C19H18F3NO5S/c1-12(18(24)23-15-5-6-16-17(10-15)28-8-7-27-16)29(25,26)11-13-3-2-4-14(9-13)19(20,21)22/h2-6,9-10,12H,7-8,11H2,1H3,(H,23,24). The summed E-state index contributed by atoms with van der Waals surface area (Å²) >= 11 is 0. The summed E-state index contributed by atoms with van der Waals surface area (Å²) in [5.41, 5.74) is -0.669. The molecule has 1 aliphatic heterocycles. The largest absolute Gasteiger partial charge is 0.486 e. The van der Waals surface area contributed by atoms with Gasteiger partial charge in [-0.25, -0.2) is 8.42 Å². The molecule has 0 aliphatic carbocycles. The summed E-state index contributed by atoms with van der Waals surface area (Å²) in [6.07, 6.45) is -4.58. The topological polar surface area (TPSA) is 81.7 Å². The molecule has 29 heavy (non-hydrogen) atoms. The zero-order valence-corrected chi connectivity index (χ0v) is 16.1. The zero-order chi connectivity index (χ0) is 21.2. The predicted octanol–water partition coefficient (Wildman–Crippen LogP) is 3.42. The van der Waals surface area contributed by atoms with Crippen LogP contribution in [0.15, 0.2) is 42.5 Å². The summed E-state index contributed by atoms with van der Waals surface area (Å²) < 4.78 is 74.3. The Balaban J connectivity index is 1.71. The van der Waals surface area contributed by atoms with E-state index in [1.54, 1.807) is 6.07 Å². The Kier molecular flexibility index (Phi) is 5.74. The Bertz CT molecular complexity index is 1020. The maximum atomic E-state index is 12.8. The minimum atomic E-state index is -4.58. The van der Waals surface area contributed by atoms with Gasteiger partial charge in [-0.15, -0.1) is 0 Å². The van der Waals surface area contributed by atoms with Crippen LogP contribution in [0.25, 0.3) is 0 Å². The lowest BCUT2D eigenvalue weighted by Gasteiger charge is -2.19. The van der Waals surface area contributed by atoms with E-state index in [0.29, 0.717) is 30.4 Å². The summed E-state index contributed by atoms with van der Waals surface area (Å²) in [7, 11) is -4.05. The zero-order valence-electron chi connectivity index (χ0n) is 15.3. The van der Waals surface area contributed by atoms with E-state index in [9.17, 15) is 26.4 Å². The SMILES string of the molecule is CC(C(=O)Nc1ccc2c(c1)OCCO2)S(=O)(=O)Cc1cccc(C(F)(F)F)c1. The molecule has 2 aromatic carbocycles. The second-order valence-electron chi connectivity index (χ2n) is 6.50. The number of ether oxygens (including phenoxy) is 2. The van der Waals surface area contributed by atoms with Crippen molar-refractivity contribution < 1.29 is 35.9 Å². The molecule has 6 nitrogen and oxygen atoms in total. The number of halogens is 3.